The summed E-state index contributed by atoms with van der Waals surface area (Å²) < 4.78 is 36.0. The lowest BCUT2D eigenvalue weighted by molar-refractivity contribution is -0.161. The van der Waals surface area contributed by atoms with Gasteiger partial charge >= 0.3 is 11.9 Å². The predicted molar refractivity (Wildman–Crippen MR) is 92.7 cm³/mol. The molecule has 0 spiro atoms. The van der Waals surface area contributed by atoms with Crippen LogP contribution in [0.15, 0.2) is 29.2 Å². The van der Waals surface area contributed by atoms with Gasteiger partial charge in [0.25, 0.3) is 0 Å². The maximum absolute atomic E-state index is 12.1. The summed E-state index contributed by atoms with van der Waals surface area (Å²) >= 11 is 0. The molecular formula is C16H22N2O7S. The van der Waals surface area contributed by atoms with Gasteiger partial charge in [-0.2, -0.15) is 0 Å². The number of amides is 1. The topological polar surface area (TPSA) is 128 Å². The Kier molecular flexibility index (Phi) is 8.20. The molecule has 1 aromatic rings. The van der Waals surface area contributed by atoms with Gasteiger partial charge in [0, 0.05) is 19.2 Å². The van der Waals surface area contributed by atoms with Crippen LogP contribution in [0.5, 0.6) is 0 Å². The molecule has 0 heterocycles. The molecule has 144 valence electrons. The van der Waals surface area contributed by atoms with Crippen molar-refractivity contribution in [2.45, 2.75) is 38.2 Å². The Morgan fingerprint density at radius 1 is 1.08 bits per heavy atom. The third-order valence-electron chi connectivity index (χ3n) is 2.82. The second-order valence-electron chi connectivity index (χ2n) is 5.55. The molecule has 1 amide bonds. The highest BCUT2D eigenvalue weighted by molar-refractivity contribution is 7.89. The molecule has 0 aromatic heterocycles. The minimum absolute atomic E-state index is 0.0134. The van der Waals surface area contributed by atoms with E-state index in [1.54, 1.807) is 13.8 Å². The number of sulfonamides is 1. The summed E-state index contributed by atoms with van der Waals surface area (Å²) in [7, 11) is -3.81. The molecule has 0 radical (unpaired) electrons. The average molecular weight is 386 g/mol. The van der Waals surface area contributed by atoms with E-state index in [0.29, 0.717) is 5.69 Å². The van der Waals surface area contributed by atoms with Crippen LogP contribution in [-0.4, -0.2) is 45.5 Å². The highest BCUT2D eigenvalue weighted by Gasteiger charge is 2.15. The van der Waals surface area contributed by atoms with Crippen LogP contribution in [0.1, 0.15) is 27.2 Å². The van der Waals surface area contributed by atoms with Crippen molar-refractivity contribution in [3.8, 4) is 0 Å². The molecule has 2 N–H and O–H groups in total. The highest BCUT2D eigenvalue weighted by Crippen LogP contribution is 2.13. The first kappa shape index (κ1) is 21.6. The van der Waals surface area contributed by atoms with Gasteiger partial charge in [0.2, 0.25) is 15.9 Å². The second kappa shape index (κ2) is 9.88. The fraction of sp³-hybridized carbons (Fsp3) is 0.438. The van der Waals surface area contributed by atoms with Gasteiger partial charge in [-0.25, -0.2) is 17.9 Å². The van der Waals surface area contributed by atoms with E-state index < -0.39 is 28.6 Å². The zero-order chi connectivity index (χ0) is 19.7. The van der Waals surface area contributed by atoms with Crippen LogP contribution in [0.3, 0.4) is 0 Å². The van der Waals surface area contributed by atoms with Crippen molar-refractivity contribution in [1.82, 2.24) is 4.72 Å². The molecule has 9 nitrogen and oxygen atoms in total. The van der Waals surface area contributed by atoms with Crippen molar-refractivity contribution < 1.29 is 32.3 Å². The van der Waals surface area contributed by atoms with E-state index in [1.165, 1.54) is 31.2 Å². The lowest BCUT2D eigenvalue weighted by Gasteiger charge is -2.09. The van der Waals surface area contributed by atoms with E-state index in [9.17, 15) is 22.8 Å². The number of nitrogens with one attached hydrogen (secondary N) is 2. The maximum Gasteiger partial charge on any atom is 0.344 e. The minimum Gasteiger partial charge on any atom is -0.460 e. The number of esters is 2. The van der Waals surface area contributed by atoms with Crippen LogP contribution < -0.4 is 10.0 Å². The van der Waals surface area contributed by atoms with Crippen LogP contribution in [0, 0.1) is 0 Å². The van der Waals surface area contributed by atoms with E-state index in [1.807, 2.05) is 0 Å². The third kappa shape index (κ3) is 8.08. The number of hydrogen-bond acceptors (Lipinski definition) is 7. The minimum atomic E-state index is -3.81. The summed E-state index contributed by atoms with van der Waals surface area (Å²) in [5.41, 5.74) is 0.466. The van der Waals surface area contributed by atoms with Crippen molar-refractivity contribution in [1.29, 1.82) is 0 Å². The number of rotatable bonds is 9. The van der Waals surface area contributed by atoms with Gasteiger partial charge in [-0.15, -0.1) is 0 Å². The zero-order valence-corrected chi connectivity index (χ0v) is 15.6. The molecule has 0 saturated carbocycles. The van der Waals surface area contributed by atoms with Gasteiger partial charge in [0.15, 0.2) is 6.61 Å². The molecule has 1 aromatic carbocycles. The van der Waals surface area contributed by atoms with Crippen molar-refractivity contribution in [3.05, 3.63) is 24.3 Å². The Labute approximate surface area is 152 Å². The van der Waals surface area contributed by atoms with Crippen LogP contribution in [0.4, 0.5) is 5.69 Å². The molecule has 0 aliphatic rings. The fourth-order valence-electron chi connectivity index (χ4n) is 1.80. The Hall–Kier alpha value is -2.46. The van der Waals surface area contributed by atoms with Crippen LogP contribution >= 0.6 is 0 Å². The van der Waals surface area contributed by atoms with Crippen LogP contribution in [0.2, 0.25) is 0 Å². The first-order valence-electron chi connectivity index (χ1n) is 7.82. The molecule has 0 bridgehead atoms. The Morgan fingerprint density at radius 3 is 2.23 bits per heavy atom. The number of hydrogen-bond donors (Lipinski definition) is 2. The van der Waals surface area contributed by atoms with Gasteiger partial charge in [0.05, 0.1) is 17.4 Å². The quantitative estimate of drug-likeness (QED) is 0.601. The van der Waals surface area contributed by atoms with Gasteiger partial charge in [-0.1, -0.05) is 0 Å². The van der Waals surface area contributed by atoms with E-state index in [2.05, 4.69) is 14.8 Å². The van der Waals surface area contributed by atoms with E-state index >= 15 is 0 Å². The Balaban J connectivity index is 2.44. The van der Waals surface area contributed by atoms with E-state index in [-0.39, 0.29) is 29.9 Å². The monoisotopic (exact) mass is 386 g/mol. The van der Waals surface area contributed by atoms with Crippen LogP contribution in [-0.2, 0) is 33.9 Å². The summed E-state index contributed by atoms with van der Waals surface area (Å²) in [4.78, 5) is 33.7. The smallest absolute Gasteiger partial charge is 0.344 e. The van der Waals surface area contributed by atoms with Crippen molar-refractivity contribution >= 4 is 33.6 Å². The van der Waals surface area contributed by atoms with E-state index in [0.717, 1.165) is 0 Å². The molecule has 0 aliphatic heterocycles. The predicted octanol–water partition coefficient (Wildman–Crippen LogP) is 0.808. The lowest BCUT2D eigenvalue weighted by atomic mass is 10.3. The molecule has 0 saturated heterocycles. The standard InChI is InChI=1S/C16H22N2O7S/c1-11(2)25-16(21)10-24-15(20)8-9-17-26(22,23)14-6-4-13(5-7-14)18-12(3)19/h4-7,11,17H,8-10H2,1-3H3,(H,18,19). The van der Waals surface area contributed by atoms with Crippen LogP contribution in [0.25, 0.3) is 0 Å². The normalized spacial score (nSPS) is 11.1. The molecule has 1 rings (SSSR count). The van der Waals surface area contributed by atoms with Gasteiger partial charge < -0.3 is 14.8 Å². The SMILES string of the molecule is CC(=O)Nc1ccc(S(=O)(=O)NCCC(=O)OCC(=O)OC(C)C)cc1. The highest BCUT2D eigenvalue weighted by atomic mass is 32.2. The first-order chi connectivity index (χ1) is 12.1. The number of carbonyl (C=O) groups is 3. The maximum atomic E-state index is 12.1. The van der Waals surface area contributed by atoms with Gasteiger partial charge in [-0.05, 0) is 38.1 Å². The molecule has 0 atom stereocenters. The molecule has 10 heteroatoms. The summed E-state index contributed by atoms with van der Waals surface area (Å²) in [5, 5.41) is 2.52. The molecule has 26 heavy (non-hydrogen) atoms. The lowest BCUT2D eigenvalue weighted by Crippen LogP contribution is -2.27. The van der Waals surface area contributed by atoms with Gasteiger partial charge in [-0.3, -0.25) is 9.59 Å². The summed E-state index contributed by atoms with van der Waals surface area (Å²) in [6.45, 7) is 3.96. The number of carbonyl (C=O) groups excluding carboxylic acids is 3. The van der Waals surface area contributed by atoms with E-state index in [4.69, 9.17) is 4.74 Å². The zero-order valence-electron chi connectivity index (χ0n) is 14.8. The Bertz CT molecular complexity index is 742. The third-order valence-corrected chi connectivity index (χ3v) is 4.30. The second-order valence-corrected chi connectivity index (χ2v) is 7.32. The fourth-order valence-corrected chi connectivity index (χ4v) is 2.83. The number of benzene rings is 1. The summed E-state index contributed by atoms with van der Waals surface area (Å²) in [5.74, 6) is -1.67. The van der Waals surface area contributed by atoms with Gasteiger partial charge in [0.1, 0.15) is 0 Å². The van der Waals surface area contributed by atoms with Crippen molar-refractivity contribution in [2.24, 2.45) is 0 Å². The summed E-state index contributed by atoms with van der Waals surface area (Å²) in [6.07, 6.45) is -0.553. The molecule has 0 aliphatic carbocycles. The van der Waals surface area contributed by atoms with Crippen molar-refractivity contribution in [2.75, 3.05) is 18.5 Å². The average Bonchev–Trinajstić information content (AvgIpc) is 2.52. The molecule has 0 unspecified atom stereocenters. The first-order valence-corrected chi connectivity index (χ1v) is 9.31. The molecular weight excluding hydrogens is 364 g/mol. The molecule has 0 fully saturated rings. The number of ether oxygens (including phenoxy) is 2. The largest absolute Gasteiger partial charge is 0.460 e. The summed E-state index contributed by atoms with van der Waals surface area (Å²) in [6, 6.07) is 5.55. The van der Waals surface area contributed by atoms with Crippen molar-refractivity contribution in [3.63, 3.8) is 0 Å². The Morgan fingerprint density at radius 2 is 1.69 bits per heavy atom. The number of anilines is 1.